The number of rotatable bonds is 4. The minimum atomic E-state index is -0.477. The van der Waals surface area contributed by atoms with Gasteiger partial charge in [0, 0.05) is 13.1 Å². The van der Waals surface area contributed by atoms with Crippen LogP contribution in [0.2, 0.25) is 0 Å². The third kappa shape index (κ3) is 7.75. The van der Waals surface area contributed by atoms with Gasteiger partial charge in [-0.05, 0) is 37.5 Å². The molecule has 2 aliphatic carbocycles. The van der Waals surface area contributed by atoms with E-state index in [0.29, 0.717) is 24.9 Å². The van der Waals surface area contributed by atoms with E-state index in [4.69, 9.17) is 4.74 Å². The molecular weight excluding hydrogens is 320 g/mol. The fraction of sp³-hybridized carbons (Fsp3) is 0.833. The highest BCUT2D eigenvalue weighted by atomic mass is 16.5. The standard InChI is InChI=1S/C18H32N4O3/c1-25-18(21-16(23)19-12-14-8-4-2-5-9-14)22-17(24)20-13-15-10-6-3-7-11-15/h14-15H,2-13H2,1H3,(H3,19,20,21,22,23,24). The molecule has 7 heteroatoms. The van der Waals surface area contributed by atoms with Crippen molar-refractivity contribution < 1.29 is 14.3 Å². The van der Waals surface area contributed by atoms with Gasteiger partial charge in [-0.25, -0.2) is 9.59 Å². The van der Waals surface area contributed by atoms with Crippen molar-refractivity contribution in [2.45, 2.75) is 64.2 Å². The number of urea groups is 2. The molecule has 142 valence electrons. The second-order valence-electron chi connectivity index (χ2n) is 7.15. The maximum absolute atomic E-state index is 11.9. The predicted octanol–water partition coefficient (Wildman–Crippen LogP) is 3.16. The lowest BCUT2D eigenvalue weighted by Gasteiger charge is -2.22. The fourth-order valence-electron chi connectivity index (χ4n) is 3.65. The summed E-state index contributed by atoms with van der Waals surface area (Å²) in [6.07, 6.45) is 12.1. The molecule has 2 fully saturated rings. The van der Waals surface area contributed by atoms with Crippen LogP contribution in [0, 0.1) is 11.8 Å². The van der Waals surface area contributed by atoms with Crippen LogP contribution in [0.3, 0.4) is 0 Å². The zero-order valence-corrected chi connectivity index (χ0v) is 15.3. The number of carbonyl (C=O) groups excluding carboxylic acids is 2. The van der Waals surface area contributed by atoms with Crippen LogP contribution < -0.4 is 16.0 Å². The van der Waals surface area contributed by atoms with Gasteiger partial charge in [-0.3, -0.25) is 5.32 Å². The number of carbonyl (C=O) groups is 2. The number of nitrogens with zero attached hydrogens (tertiary/aromatic N) is 1. The smallest absolute Gasteiger partial charge is 0.345 e. The molecular formula is C18H32N4O3. The minimum Gasteiger partial charge on any atom is -0.468 e. The molecule has 25 heavy (non-hydrogen) atoms. The largest absolute Gasteiger partial charge is 0.468 e. The van der Waals surface area contributed by atoms with Crippen LogP contribution in [0.1, 0.15) is 64.2 Å². The second kappa shape index (κ2) is 10.9. The van der Waals surface area contributed by atoms with Crippen molar-refractivity contribution in [1.29, 1.82) is 0 Å². The SMILES string of the molecule is COC(=NC(=O)NCC1CCCCC1)NC(=O)NCC1CCCCC1. The van der Waals surface area contributed by atoms with Gasteiger partial charge in [0.15, 0.2) is 0 Å². The van der Waals surface area contributed by atoms with Gasteiger partial charge in [-0.2, -0.15) is 0 Å². The van der Waals surface area contributed by atoms with Crippen LogP contribution in [0.15, 0.2) is 4.99 Å². The molecule has 0 aromatic carbocycles. The molecule has 4 amide bonds. The summed E-state index contributed by atoms with van der Waals surface area (Å²) < 4.78 is 4.99. The van der Waals surface area contributed by atoms with E-state index in [1.54, 1.807) is 0 Å². The van der Waals surface area contributed by atoms with Crippen LogP contribution in [-0.4, -0.2) is 38.3 Å². The van der Waals surface area contributed by atoms with E-state index in [1.165, 1.54) is 45.6 Å². The average Bonchev–Trinajstić information content (AvgIpc) is 2.66. The second-order valence-corrected chi connectivity index (χ2v) is 7.15. The molecule has 7 nitrogen and oxygen atoms in total. The summed E-state index contributed by atoms with van der Waals surface area (Å²) in [7, 11) is 1.38. The first-order valence-corrected chi connectivity index (χ1v) is 9.62. The highest BCUT2D eigenvalue weighted by molar-refractivity contribution is 5.98. The molecule has 0 spiro atoms. The Labute approximate surface area is 150 Å². The van der Waals surface area contributed by atoms with Gasteiger partial charge < -0.3 is 15.4 Å². The molecule has 3 N–H and O–H groups in total. The Kier molecular flexibility index (Phi) is 8.55. The van der Waals surface area contributed by atoms with Gasteiger partial charge in [0.05, 0.1) is 7.11 Å². The van der Waals surface area contributed by atoms with Crippen LogP contribution in [0.5, 0.6) is 0 Å². The van der Waals surface area contributed by atoms with Crippen molar-refractivity contribution in [1.82, 2.24) is 16.0 Å². The third-order valence-corrected chi connectivity index (χ3v) is 5.16. The normalized spacial score (nSPS) is 20.0. The van der Waals surface area contributed by atoms with E-state index < -0.39 is 6.03 Å². The Balaban J connectivity index is 1.68. The Bertz CT molecular complexity index is 455. The summed E-state index contributed by atoms with van der Waals surface area (Å²) >= 11 is 0. The Morgan fingerprint density at radius 3 is 1.92 bits per heavy atom. The number of methoxy groups -OCH3 is 1. The van der Waals surface area contributed by atoms with Gasteiger partial charge in [0.1, 0.15) is 0 Å². The molecule has 0 aliphatic heterocycles. The highest BCUT2D eigenvalue weighted by Gasteiger charge is 2.16. The molecule has 0 heterocycles. The molecule has 0 bridgehead atoms. The molecule has 0 atom stereocenters. The third-order valence-electron chi connectivity index (χ3n) is 5.16. The summed E-state index contributed by atoms with van der Waals surface area (Å²) in [5.74, 6) is 1.08. The summed E-state index contributed by atoms with van der Waals surface area (Å²) in [5.41, 5.74) is 0. The van der Waals surface area contributed by atoms with E-state index in [0.717, 1.165) is 25.7 Å². The van der Waals surface area contributed by atoms with Crippen molar-refractivity contribution in [3.8, 4) is 0 Å². The van der Waals surface area contributed by atoms with Gasteiger partial charge >= 0.3 is 18.1 Å². The lowest BCUT2D eigenvalue weighted by atomic mass is 9.89. The lowest BCUT2D eigenvalue weighted by molar-refractivity contribution is 0.236. The number of hydrogen-bond acceptors (Lipinski definition) is 3. The molecule has 2 aliphatic rings. The summed E-state index contributed by atoms with van der Waals surface area (Å²) in [4.78, 5) is 27.6. The Hall–Kier alpha value is -1.79. The van der Waals surface area contributed by atoms with Gasteiger partial charge in [-0.1, -0.05) is 38.5 Å². The highest BCUT2D eigenvalue weighted by Crippen LogP contribution is 2.23. The van der Waals surface area contributed by atoms with Crippen molar-refractivity contribution >= 4 is 18.1 Å². The fourth-order valence-corrected chi connectivity index (χ4v) is 3.65. The van der Waals surface area contributed by atoms with Gasteiger partial charge in [0.25, 0.3) is 0 Å². The number of hydrogen-bond donors (Lipinski definition) is 3. The van der Waals surface area contributed by atoms with E-state index in [1.807, 2.05) is 0 Å². The van der Waals surface area contributed by atoms with Crippen molar-refractivity contribution in [2.75, 3.05) is 20.2 Å². The lowest BCUT2D eigenvalue weighted by Crippen LogP contribution is -2.43. The molecule has 0 radical (unpaired) electrons. The van der Waals surface area contributed by atoms with Crippen molar-refractivity contribution in [3.05, 3.63) is 0 Å². The number of amidine groups is 1. The monoisotopic (exact) mass is 352 g/mol. The first-order chi connectivity index (χ1) is 12.2. The van der Waals surface area contributed by atoms with E-state index in [9.17, 15) is 9.59 Å². The molecule has 0 aromatic rings. The Morgan fingerprint density at radius 1 is 0.880 bits per heavy atom. The molecule has 0 aromatic heterocycles. The first kappa shape index (κ1) is 19.5. The van der Waals surface area contributed by atoms with E-state index in [2.05, 4.69) is 20.9 Å². The van der Waals surface area contributed by atoms with Crippen LogP contribution in [0.25, 0.3) is 0 Å². The molecule has 0 unspecified atom stereocenters. The van der Waals surface area contributed by atoms with Gasteiger partial charge in [-0.15, -0.1) is 4.99 Å². The number of ether oxygens (including phenoxy) is 1. The van der Waals surface area contributed by atoms with Crippen LogP contribution in [0.4, 0.5) is 9.59 Å². The molecule has 2 rings (SSSR count). The zero-order chi connectivity index (χ0) is 17.9. The zero-order valence-electron chi connectivity index (χ0n) is 15.3. The van der Waals surface area contributed by atoms with E-state index >= 15 is 0 Å². The van der Waals surface area contributed by atoms with Gasteiger partial charge in [0.2, 0.25) is 0 Å². The summed E-state index contributed by atoms with van der Waals surface area (Å²) in [6.45, 7) is 1.28. The number of aliphatic imine (C=N–C) groups is 1. The minimum absolute atomic E-state index is 0.0812. The van der Waals surface area contributed by atoms with Crippen LogP contribution >= 0.6 is 0 Å². The van der Waals surface area contributed by atoms with Crippen molar-refractivity contribution in [3.63, 3.8) is 0 Å². The predicted molar refractivity (Wildman–Crippen MR) is 97.5 cm³/mol. The molecule has 2 saturated carbocycles. The summed E-state index contributed by atoms with van der Waals surface area (Å²) in [5, 5.41) is 8.12. The number of amides is 4. The summed E-state index contributed by atoms with van der Waals surface area (Å²) in [6, 6.07) is -0.941. The molecule has 0 saturated heterocycles. The van der Waals surface area contributed by atoms with Crippen molar-refractivity contribution in [2.24, 2.45) is 16.8 Å². The van der Waals surface area contributed by atoms with Crippen LogP contribution in [-0.2, 0) is 4.74 Å². The average molecular weight is 352 g/mol. The maximum atomic E-state index is 11.9. The topological polar surface area (TPSA) is 91.8 Å². The Morgan fingerprint density at radius 2 is 1.40 bits per heavy atom. The first-order valence-electron chi connectivity index (χ1n) is 9.62. The van der Waals surface area contributed by atoms with E-state index in [-0.39, 0.29) is 12.1 Å². The maximum Gasteiger partial charge on any atom is 0.345 e. The quantitative estimate of drug-likeness (QED) is 0.536. The number of nitrogens with one attached hydrogen (secondary N) is 3.